The van der Waals surface area contributed by atoms with Crippen molar-refractivity contribution < 1.29 is 23.4 Å². The highest BCUT2D eigenvalue weighted by Gasteiger charge is 2.03. The zero-order chi connectivity index (χ0) is 14.3. The van der Waals surface area contributed by atoms with Gasteiger partial charge in [0.05, 0.1) is 6.10 Å². The first-order chi connectivity index (χ1) is 8.97. The van der Waals surface area contributed by atoms with Crippen LogP contribution in [0.1, 0.15) is 12.5 Å². The molecule has 0 fully saturated rings. The van der Waals surface area contributed by atoms with Gasteiger partial charge in [-0.2, -0.15) is 8.78 Å². The van der Waals surface area contributed by atoms with Crippen LogP contribution in [-0.4, -0.2) is 30.3 Å². The second-order valence-corrected chi connectivity index (χ2v) is 3.88. The van der Waals surface area contributed by atoms with Gasteiger partial charge in [0.2, 0.25) is 5.91 Å². The Hall–Kier alpha value is -1.95. The molecule has 104 valence electrons. The molecule has 0 aliphatic heterocycles. The van der Waals surface area contributed by atoms with Crippen LogP contribution in [-0.2, 0) is 4.79 Å². The van der Waals surface area contributed by atoms with Gasteiger partial charge in [-0.25, -0.2) is 0 Å². The van der Waals surface area contributed by atoms with Gasteiger partial charge in [-0.3, -0.25) is 4.79 Å². The topological polar surface area (TPSA) is 58.6 Å². The molecule has 4 nitrogen and oxygen atoms in total. The van der Waals surface area contributed by atoms with E-state index >= 15 is 0 Å². The molecule has 0 aliphatic carbocycles. The maximum absolute atomic E-state index is 11.9. The Morgan fingerprint density at radius 3 is 2.58 bits per heavy atom. The Morgan fingerprint density at radius 1 is 1.42 bits per heavy atom. The van der Waals surface area contributed by atoms with E-state index in [4.69, 9.17) is 5.11 Å². The summed E-state index contributed by atoms with van der Waals surface area (Å²) in [6.45, 7) is -1.12. The van der Waals surface area contributed by atoms with Crippen molar-refractivity contribution >= 4 is 12.0 Å². The number of aliphatic hydroxyl groups excluding tert-OH is 1. The van der Waals surface area contributed by atoms with E-state index in [-0.39, 0.29) is 18.2 Å². The number of rotatable bonds is 6. The Kier molecular flexibility index (Phi) is 5.95. The highest BCUT2D eigenvalue weighted by molar-refractivity contribution is 5.91. The molecule has 1 aromatic carbocycles. The molecule has 0 aliphatic rings. The minimum atomic E-state index is -2.85. The molecule has 1 amide bonds. The van der Waals surface area contributed by atoms with Crippen LogP contribution in [0.15, 0.2) is 30.3 Å². The lowest BCUT2D eigenvalue weighted by Gasteiger charge is -2.04. The van der Waals surface area contributed by atoms with E-state index in [0.717, 1.165) is 0 Å². The van der Waals surface area contributed by atoms with Gasteiger partial charge in [-0.1, -0.05) is 12.1 Å². The quantitative estimate of drug-likeness (QED) is 0.776. The van der Waals surface area contributed by atoms with Crippen molar-refractivity contribution in [2.45, 2.75) is 19.6 Å². The zero-order valence-electron chi connectivity index (χ0n) is 10.3. The van der Waals surface area contributed by atoms with E-state index in [0.29, 0.717) is 5.56 Å². The van der Waals surface area contributed by atoms with Crippen LogP contribution < -0.4 is 10.1 Å². The Balaban J connectivity index is 2.50. The van der Waals surface area contributed by atoms with E-state index < -0.39 is 12.7 Å². The summed E-state index contributed by atoms with van der Waals surface area (Å²) in [4.78, 5) is 11.3. The summed E-state index contributed by atoms with van der Waals surface area (Å²) in [6, 6.07) is 5.88. The molecule has 1 unspecified atom stereocenters. The molecule has 0 saturated carbocycles. The Labute approximate surface area is 109 Å². The van der Waals surface area contributed by atoms with Crippen molar-refractivity contribution in [3.8, 4) is 5.75 Å². The molecule has 0 radical (unpaired) electrons. The number of carbonyl (C=O) groups is 1. The third-order valence-corrected chi connectivity index (χ3v) is 2.10. The molecule has 1 rings (SSSR count). The van der Waals surface area contributed by atoms with Gasteiger partial charge in [0.1, 0.15) is 5.75 Å². The van der Waals surface area contributed by atoms with Gasteiger partial charge in [-0.05, 0) is 30.7 Å². The number of hydrogen-bond acceptors (Lipinski definition) is 3. The summed E-state index contributed by atoms with van der Waals surface area (Å²) in [6.07, 6.45) is 2.22. The Morgan fingerprint density at radius 2 is 2.05 bits per heavy atom. The first-order valence-electron chi connectivity index (χ1n) is 5.66. The molecule has 0 aromatic heterocycles. The maximum atomic E-state index is 11.9. The highest BCUT2D eigenvalue weighted by Crippen LogP contribution is 2.15. The van der Waals surface area contributed by atoms with E-state index in [1.807, 2.05) is 0 Å². The zero-order valence-corrected chi connectivity index (χ0v) is 10.3. The third kappa shape index (κ3) is 6.52. The van der Waals surface area contributed by atoms with Crippen molar-refractivity contribution in [3.63, 3.8) is 0 Å². The van der Waals surface area contributed by atoms with Gasteiger partial charge in [-0.15, -0.1) is 0 Å². The summed E-state index contributed by atoms with van der Waals surface area (Å²) >= 11 is 0. The fraction of sp³-hybridized carbons (Fsp3) is 0.308. The number of alkyl halides is 2. The maximum Gasteiger partial charge on any atom is 0.387 e. The minimum absolute atomic E-state index is 0.0608. The molecule has 1 aromatic rings. The van der Waals surface area contributed by atoms with Gasteiger partial charge >= 0.3 is 6.61 Å². The molecule has 2 N–H and O–H groups in total. The van der Waals surface area contributed by atoms with Crippen LogP contribution in [0.4, 0.5) is 8.78 Å². The SMILES string of the molecule is CC(O)CNC(=O)/C=C/c1ccc(OC(F)F)cc1. The fourth-order valence-corrected chi connectivity index (χ4v) is 1.24. The summed E-state index contributed by atoms with van der Waals surface area (Å²) < 4.78 is 28.0. The molecule has 0 spiro atoms. The predicted octanol–water partition coefficient (Wildman–Crippen LogP) is 1.80. The minimum Gasteiger partial charge on any atom is -0.435 e. The lowest BCUT2D eigenvalue weighted by atomic mass is 10.2. The van der Waals surface area contributed by atoms with Crippen LogP contribution in [0.5, 0.6) is 5.75 Å². The van der Waals surface area contributed by atoms with E-state index in [1.165, 1.54) is 24.3 Å². The predicted molar refractivity (Wildman–Crippen MR) is 66.8 cm³/mol. The second-order valence-electron chi connectivity index (χ2n) is 3.88. The number of halogens is 2. The van der Waals surface area contributed by atoms with Crippen LogP contribution in [0.2, 0.25) is 0 Å². The van der Waals surface area contributed by atoms with Gasteiger partial charge in [0.25, 0.3) is 0 Å². The van der Waals surface area contributed by atoms with E-state index in [9.17, 15) is 13.6 Å². The lowest BCUT2D eigenvalue weighted by Crippen LogP contribution is -2.28. The fourth-order valence-electron chi connectivity index (χ4n) is 1.24. The van der Waals surface area contributed by atoms with Gasteiger partial charge in [0.15, 0.2) is 0 Å². The number of aliphatic hydroxyl groups is 1. The summed E-state index contributed by atoms with van der Waals surface area (Å²) in [5.74, 6) is -0.278. The molecule has 0 bridgehead atoms. The van der Waals surface area contributed by atoms with Crippen LogP contribution >= 0.6 is 0 Å². The van der Waals surface area contributed by atoms with Crippen molar-refractivity contribution in [2.75, 3.05) is 6.54 Å². The Bertz CT molecular complexity index is 430. The lowest BCUT2D eigenvalue weighted by molar-refractivity contribution is -0.116. The van der Waals surface area contributed by atoms with Gasteiger partial charge < -0.3 is 15.2 Å². The number of amides is 1. The highest BCUT2D eigenvalue weighted by atomic mass is 19.3. The smallest absolute Gasteiger partial charge is 0.387 e. The van der Waals surface area contributed by atoms with E-state index in [2.05, 4.69) is 10.1 Å². The molecule has 0 heterocycles. The van der Waals surface area contributed by atoms with Crippen LogP contribution in [0, 0.1) is 0 Å². The number of benzene rings is 1. The standard InChI is InChI=1S/C13H15F2NO3/c1-9(17)8-16-12(18)7-4-10-2-5-11(6-3-10)19-13(14)15/h2-7,9,13,17H,8H2,1H3,(H,16,18)/b7-4+. The number of carbonyl (C=O) groups excluding carboxylic acids is 1. The molecule has 6 heteroatoms. The average molecular weight is 271 g/mol. The first kappa shape index (κ1) is 15.1. The van der Waals surface area contributed by atoms with Crippen LogP contribution in [0.3, 0.4) is 0 Å². The molecule has 19 heavy (non-hydrogen) atoms. The molecule has 0 saturated heterocycles. The molecule has 1 atom stereocenters. The van der Waals surface area contributed by atoms with Crippen molar-refractivity contribution in [2.24, 2.45) is 0 Å². The molecular weight excluding hydrogens is 256 g/mol. The molecular formula is C13H15F2NO3. The number of ether oxygens (including phenoxy) is 1. The first-order valence-corrected chi connectivity index (χ1v) is 5.66. The van der Waals surface area contributed by atoms with Crippen molar-refractivity contribution in [1.29, 1.82) is 0 Å². The monoisotopic (exact) mass is 271 g/mol. The summed E-state index contributed by atoms with van der Waals surface area (Å²) in [5, 5.41) is 11.5. The normalized spacial score (nSPS) is 12.7. The van der Waals surface area contributed by atoms with Gasteiger partial charge in [0, 0.05) is 12.6 Å². The average Bonchev–Trinajstić information content (AvgIpc) is 2.35. The van der Waals surface area contributed by atoms with Crippen LogP contribution in [0.25, 0.3) is 6.08 Å². The van der Waals surface area contributed by atoms with Crippen molar-refractivity contribution in [1.82, 2.24) is 5.32 Å². The number of hydrogen-bond donors (Lipinski definition) is 2. The summed E-state index contributed by atoms with van der Waals surface area (Å²) in [5.41, 5.74) is 0.675. The van der Waals surface area contributed by atoms with Crippen molar-refractivity contribution in [3.05, 3.63) is 35.9 Å². The third-order valence-electron chi connectivity index (χ3n) is 2.10. The second kappa shape index (κ2) is 7.48. The van der Waals surface area contributed by atoms with E-state index in [1.54, 1.807) is 19.1 Å². The summed E-state index contributed by atoms with van der Waals surface area (Å²) in [7, 11) is 0. The largest absolute Gasteiger partial charge is 0.435 e. The number of nitrogens with one attached hydrogen (secondary N) is 1.